The lowest BCUT2D eigenvalue weighted by Gasteiger charge is -2.03. The van der Waals surface area contributed by atoms with E-state index in [-0.39, 0.29) is 0 Å². The summed E-state index contributed by atoms with van der Waals surface area (Å²) in [6.07, 6.45) is 7.60. The molecule has 0 radical (unpaired) electrons. The summed E-state index contributed by atoms with van der Waals surface area (Å²) in [5.74, 6) is 0. The lowest BCUT2D eigenvalue weighted by Crippen LogP contribution is -1.99. The summed E-state index contributed by atoms with van der Waals surface area (Å²) in [7, 11) is 0. The van der Waals surface area contributed by atoms with E-state index in [0.717, 1.165) is 37.1 Å². The number of rotatable bonds is 9. The minimum atomic E-state index is 0.852. The van der Waals surface area contributed by atoms with Gasteiger partial charge in [0.1, 0.15) is 0 Å². The van der Waals surface area contributed by atoms with Gasteiger partial charge in [-0.3, -0.25) is 4.98 Å². The van der Waals surface area contributed by atoms with Gasteiger partial charge in [-0.2, -0.15) is 0 Å². The number of unbranched alkanes of at least 4 members (excludes halogenated alkanes) is 2. The monoisotopic (exact) mass is 285 g/mol. The predicted molar refractivity (Wildman–Crippen MR) is 71.0 cm³/mol. The van der Waals surface area contributed by atoms with E-state index in [1.54, 1.807) is 0 Å². The Bertz CT molecular complexity index is 253. The third-order valence-electron chi connectivity index (χ3n) is 2.37. The third kappa shape index (κ3) is 6.96. The van der Waals surface area contributed by atoms with Gasteiger partial charge in [0.15, 0.2) is 0 Å². The summed E-state index contributed by atoms with van der Waals surface area (Å²) in [6.45, 7) is 1.75. The number of pyridine rings is 1. The van der Waals surface area contributed by atoms with Crippen molar-refractivity contribution in [3.63, 3.8) is 0 Å². The molecule has 1 rings (SSSR count). The van der Waals surface area contributed by atoms with Crippen LogP contribution in [0.4, 0.5) is 0 Å². The van der Waals surface area contributed by atoms with E-state index in [9.17, 15) is 0 Å². The van der Waals surface area contributed by atoms with Gasteiger partial charge < -0.3 is 4.74 Å². The normalized spacial score (nSPS) is 10.6. The molecule has 0 atom stereocenters. The van der Waals surface area contributed by atoms with Gasteiger partial charge in [0, 0.05) is 30.4 Å². The molecule has 90 valence electrons. The lowest BCUT2D eigenvalue weighted by atomic mass is 10.2. The molecule has 0 bridgehead atoms. The zero-order chi connectivity index (χ0) is 11.5. The second kappa shape index (κ2) is 9.79. The van der Waals surface area contributed by atoms with Crippen LogP contribution in [-0.2, 0) is 11.2 Å². The molecule has 0 saturated carbocycles. The largest absolute Gasteiger partial charge is 0.381 e. The molecule has 0 aliphatic rings. The first kappa shape index (κ1) is 13.7. The second-order valence-corrected chi connectivity index (χ2v) is 4.58. The van der Waals surface area contributed by atoms with Gasteiger partial charge in [-0.1, -0.05) is 28.4 Å². The molecule has 0 unspecified atom stereocenters. The quantitative estimate of drug-likeness (QED) is 0.511. The molecular weight excluding hydrogens is 266 g/mol. The highest BCUT2D eigenvalue weighted by Crippen LogP contribution is 2.01. The Morgan fingerprint density at radius 2 is 1.94 bits per heavy atom. The first-order valence-corrected chi connectivity index (χ1v) is 7.09. The highest BCUT2D eigenvalue weighted by Gasteiger charge is 1.94. The average Bonchev–Trinajstić information content (AvgIpc) is 2.34. The minimum absolute atomic E-state index is 0.852. The number of aromatic nitrogens is 1. The van der Waals surface area contributed by atoms with E-state index in [2.05, 4.69) is 27.0 Å². The van der Waals surface area contributed by atoms with Crippen molar-refractivity contribution < 1.29 is 4.74 Å². The molecule has 0 N–H and O–H groups in total. The molecule has 1 aromatic rings. The second-order valence-electron chi connectivity index (χ2n) is 3.79. The van der Waals surface area contributed by atoms with Crippen molar-refractivity contribution in [3.05, 3.63) is 30.1 Å². The van der Waals surface area contributed by atoms with Crippen LogP contribution in [0.1, 0.15) is 31.4 Å². The Morgan fingerprint density at radius 1 is 1.06 bits per heavy atom. The van der Waals surface area contributed by atoms with E-state index in [4.69, 9.17) is 4.74 Å². The van der Waals surface area contributed by atoms with Crippen LogP contribution in [-0.4, -0.2) is 23.5 Å². The fourth-order valence-electron chi connectivity index (χ4n) is 1.48. The summed E-state index contributed by atoms with van der Waals surface area (Å²) < 4.78 is 5.56. The van der Waals surface area contributed by atoms with Crippen molar-refractivity contribution in [1.29, 1.82) is 0 Å². The van der Waals surface area contributed by atoms with Gasteiger partial charge >= 0.3 is 0 Å². The highest BCUT2D eigenvalue weighted by atomic mass is 79.9. The van der Waals surface area contributed by atoms with Crippen LogP contribution >= 0.6 is 15.9 Å². The van der Waals surface area contributed by atoms with E-state index >= 15 is 0 Å². The van der Waals surface area contributed by atoms with E-state index in [0.29, 0.717) is 0 Å². The Balaban J connectivity index is 1.89. The Hall–Kier alpha value is -0.410. The fourth-order valence-corrected chi connectivity index (χ4v) is 1.88. The molecule has 1 aromatic heterocycles. The lowest BCUT2D eigenvalue weighted by molar-refractivity contribution is 0.128. The van der Waals surface area contributed by atoms with Gasteiger partial charge in [0.25, 0.3) is 0 Å². The van der Waals surface area contributed by atoms with Crippen molar-refractivity contribution in [1.82, 2.24) is 4.98 Å². The Labute approximate surface area is 107 Å². The highest BCUT2D eigenvalue weighted by molar-refractivity contribution is 9.09. The van der Waals surface area contributed by atoms with Gasteiger partial charge in [0.2, 0.25) is 0 Å². The average molecular weight is 286 g/mol. The Kier molecular flexibility index (Phi) is 8.35. The predicted octanol–water partition coefficient (Wildman–Crippen LogP) is 3.60. The first-order chi connectivity index (χ1) is 7.93. The van der Waals surface area contributed by atoms with Crippen LogP contribution in [0.3, 0.4) is 0 Å². The number of nitrogens with zero attached hydrogens (tertiary/aromatic N) is 1. The first-order valence-electron chi connectivity index (χ1n) is 5.97. The summed E-state index contributed by atoms with van der Waals surface area (Å²) in [6, 6.07) is 6.04. The summed E-state index contributed by atoms with van der Waals surface area (Å²) in [5.41, 5.74) is 1.16. The summed E-state index contributed by atoms with van der Waals surface area (Å²) in [5, 5.41) is 1.10. The minimum Gasteiger partial charge on any atom is -0.381 e. The molecule has 0 spiro atoms. The van der Waals surface area contributed by atoms with Gasteiger partial charge in [0.05, 0.1) is 0 Å². The molecule has 0 amide bonds. The Morgan fingerprint density at radius 3 is 2.69 bits per heavy atom. The number of aryl methyl sites for hydroxylation is 1. The maximum atomic E-state index is 5.56. The van der Waals surface area contributed by atoms with Crippen molar-refractivity contribution >= 4 is 15.9 Å². The molecule has 0 saturated heterocycles. The number of hydrogen-bond acceptors (Lipinski definition) is 2. The van der Waals surface area contributed by atoms with Crippen LogP contribution in [0.5, 0.6) is 0 Å². The standard InChI is InChI=1S/C13H20BrNO/c14-9-3-1-5-11-16-12-6-8-13-7-2-4-10-15-13/h2,4,7,10H,1,3,5-6,8-9,11-12H2. The molecule has 16 heavy (non-hydrogen) atoms. The molecule has 0 fully saturated rings. The summed E-state index contributed by atoms with van der Waals surface area (Å²) >= 11 is 3.42. The zero-order valence-electron chi connectivity index (χ0n) is 9.70. The van der Waals surface area contributed by atoms with Gasteiger partial charge in [-0.25, -0.2) is 0 Å². The van der Waals surface area contributed by atoms with Crippen LogP contribution < -0.4 is 0 Å². The molecule has 3 heteroatoms. The SMILES string of the molecule is BrCCCCCOCCCc1ccccn1. The molecule has 0 aliphatic heterocycles. The summed E-state index contributed by atoms with van der Waals surface area (Å²) in [4.78, 5) is 4.28. The number of halogens is 1. The molecule has 1 heterocycles. The number of ether oxygens (including phenoxy) is 1. The van der Waals surface area contributed by atoms with Crippen LogP contribution in [0.25, 0.3) is 0 Å². The van der Waals surface area contributed by atoms with Gasteiger partial charge in [-0.05, 0) is 37.8 Å². The van der Waals surface area contributed by atoms with Gasteiger partial charge in [-0.15, -0.1) is 0 Å². The van der Waals surface area contributed by atoms with E-state index < -0.39 is 0 Å². The number of hydrogen-bond donors (Lipinski definition) is 0. The maximum Gasteiger partial charge on any atom is 0.0469 e. The van der Waals surface area contributed by atoms with Crippen molar-refractivity contribution in [3.8, 4) is 0 Å². The smallest absolute Gasteiger partial charge is 0.0469 e. The van der Waals surface area contributed by atoms with Crippen molar-refractivity contribution in [2.75, 3.05) is 18.5 Å². The molecular formula is C13H20BrNO. The third-order valence-corrected chi connectivity index (χ3v) is 2.93. The fraction of sp³-hybridized carbons (Fsp3) is 0.615. The molecule has 0 aromatic carbocycles. The maximum absolute atomic E-state index is 5.56. The molecule has 0 aliphatic carbocycles. The van der Waals surface area contributed by atoms with Crippen molar-refractivity contribution in [2.45, 2.75) is 32.1 Å². The number of alkyl halides is 1. The molecule has 2 nitrogen and oxygen atoms in total. The van der Waals surface area contributed by atoms with Crippen LogP contribution in [0.15, 0.2) is 24.4 Å². The van der Waals surface area contributed by atoms with Crippen molar-refractivity contribution in [2.24, 2.45) is 0 Å². The van der Waals surface area contributed by atoms with E-state index in [1.165, 1.54) is 19.3 Å². The zero-order valence-corrected chi connectivity index (χ0v) is 11.3. The van der Waals surface area contributed by atoms with Crippen LogP contribution in [0.2, 0.25) is 0 Å². The topological polar surface area (TPSA) is 22.1 Å². The van der Waals surface area contributed by atoms with Crippen LogP contribution in [0, 0.1) is 0 Å². The van der Waals surface area contributed by atoms with E-state index in [1.807, 2.05) is 18.3 Å².